The number of rotatable bonds is 7. The molecule has 2 N–H and O–H groups in total. The molecule has 0 bridgehead atoms. The highest BCUT2D eigenvalue weighted by molar-refractivity contribution is 5.87. The third-order valence-corrected chi connectivity index (χ3v) is 3.42. The van der Waals surface area contributed by atoms with Gasteiger partial charge in [0.15, 0.2) is 0 Å². The van der Waals surface area contributed by atoms with E-state index in [0.29, 0.717) is 12.8 Å². The second kappa shape index (κ2) is 7.98. The maximum atomic E-state index is 12.0. The fourth-order valence-corrected chi connectivity index (χ4v) is 2.25. The largest absolute Gasteiger partial charge is 0.344 e. The van der Waals surface area contributed by atoms with Gasteiger partial charge in [-0.15, -0.1) is 0 Å². The van der Waals surface area contributed by atoms with Crippen LogP contribution in [0.4, 0.5) is 0 Å². The van der Waals surface area contributed by atoms with E-state index in [1.54, 1.807) is 0 Å². The van der Waals surface area contributed by atoms with E-state index in [2.05, 4.69) is 5.32 Å². The number of hydrogen-bond donors (Lipinski definition) is 1. The highest BCUT2D eigenvalue weighted by Gasteiger charge is 2.18. The molecule has 0 heterocycles. The molecule has 4 heteroatoms. The van der Waals surface area contributed by atoms with Crippen LogP contribution in [0.5, 0.6) is 0 Å². The van der Waals surface area contributed by atoms with Crippen molar-refractivity contribution in [3.8, 4) is 0 Å². The first-order valence-corrected chi connectivity index (χ1v) is 7.28. The summed E-state index contributed by atoms with van der Waals surface area (Å²) in [6, 6.07) is 18.3. The van der Waals surface area contributed by atoms with Crippen molar-refractivity contribution in [3.05, 3.63) is 71.8 Å². The molecule has 1 radical (unpaired) electrons. The zero-order valence-electron chi connectivity index (χ0n) is 12.3. The molecule has 0 fully saturated rings. The maximum Gasteiger partial charge on any atom is 0.260 e. The first kappa shape index (κ1) is 15.8. The van der Waals surface area contributed by atoms with Gasteiger partial charge >= 0.3 is 0 Å². The lowest BCUT2D eigenvalue weighted by molar-refractivity contribution is -0.127. The summed E-state index contributed by atoms with van der Waals surface area (Å²) in [5.41, 5.74) is 9.30. The molecule has 2 rings (SSSR count). The van der Waals surface area contributed by atoms with Crippen molar-refractivity contribution >= 4 is 11.8 Å². The molecule has 0 saturated carbocycles. The van der Waals surface area contributed by atoms with Crippen LogP contribution in [0.15, 0.2) is 60.7 Å². The molecule has 1 unspecified atom stereocenters. The average Bonchev–Trinajstić information content (AvgIpc) is 2.53. The van der Waals surface area contributed by atoms with Crippen molar-refractivity contribution < 1.29 is 9.59 Å². The number of aryl methyl sites for hydroxylation is 1. The quantitative estimate of drug-likeness (QED) is 0.850. The van der Waals surface area contributed by atoms with Crippen molar-refractivity contribution in [3.63, 3.8) is 0 Å². The third kappa shape index (κ3) is 5.05. The number of carbonyl (C=O) groups excluding carboxylic acids is 2. The van der Waals surface area contributed by atoms with Gasteiger partial charge < -0.3 is 5.32 Å². The van der Waals surface area contributed by atoms with Gasteiger partial charge in [-0.2, -0.15) is 0 Å². The Bertz CT molecular complexity index is 611. The Labute approximate surface area is 130 Å². The molecule has 0 saturated heterocycles. The minimum absolute atomic E-state index is 0.218. The molecule has 2 aromatic carbocycles. The van der Waals surface area contributed by atoms with E-state index in [1.165, 1.54) is 0 Å². The van der Waals surface area contributed by atoms with E-state index < -0.39 is 11.9 Å². The van der Waals surface area contributed by atoms with E-state index in [4.69, 9.17) is 5.73 Å². The van der Waals surface area contributed by atoms with Gasteiger partial charge in [-0.25, -0.2) is 0 Å². The summed E-state index contributed by atoms with van der Waals surface area (Å²) in [4.78, 5) is 23.4. The Morgan fingerprint density at radius 2 is 1.45 bits per heavy atom. The van der Waals surface area contributed by atoms with E-state index in [-0.39, 0.29) is 12.3 Å². The maximum absolute atomic E-state index is 12.0. The fraction of sp³-hybridized carbons (Fsp3) is 0.222. The van der Waals surface area contributed by atoms with Gasteiger partial charge in [0, 0.05) is 0 Å². The van der Waals surface area contributed by atoms with E-state index in [9.17, 15) is 9.59 Å². The van der Waals surface area contributed by atoms with Gasteiger partial charge in [0.1, 0.15) is 6.04 Å². The smallest absolute Gasteiger partial charge is 0.260 e. The zero-order chi connectivity index (χ0) is 15.8. The molecule has 0 aromatic heterocycles. The van der Waals surface area contributed by atoms with Crippen LogP contribution in [0.25, 0.3) is 0 Å². The first-order chi connectivity index (χ1) is 10.6. The van der Waals surface area contributed by atoms with Crippen molar-refractivity contribution in [1.82, 2.24) is 11.1 Å². The molecule has 0 spiro atoms. The van der Waals surface area contributed by atoms with Crippen molar-refractivity contribution in [2.24, 2.45) is 0 Å². The van der Waals surface area contributed by atoms with Gasteiger partial charge in [0.2, 0.25) is 5.91 Å². The molecule has 0 aliphatic rings. The molecule has 0 aliphatic heterocycles. The summed E-state index contributed by atoms with van der Waals surface area (Å²) >= 11 is 0. The van der Waals surface area contributed by atoms with Crippen LogP contribution in [-0.2, 0) is 22.4 Å². The number of amides is 2. The summed E-state index contributed by atoms with van der Waals surface area (Å²) < 4.78 is 0. The Morgan fingerprint density at radius 3 is 2.00 bits per heavy atom. The first-order valence-electron chi connectivity index (χ1n) is 7.28. The van der Waals surface area contributed by atoms with Crippen LogP contribution in [-0.4, -0.2) is 17.9 Å². The Hall–Kier alpha value is -2.62. The minimum Gasteiger partial charge on any atom is -0.344 e. The lowest BCUT2D eigenvalue weighted by Gasteiger charge is -2.15. The van der Waals surface area contributed by atoms with E-state index >= 15 is 0 Å². The molecule has 2 aromatic rings. The Balaban J connectivity index is 1.88. The molecule has 113 valence electrons. The molecular weight excluding hydrogens is 276 g/mol. The molecule has 1 atom stereocenters. The Morgan fingerprint density at radius 1 is 0.909 bits per heavy atom. The molecular formula is C18H19N2O2. The van der Waals surface area contributed by atoms with Crippen LogP contribution in [0, 0.1) is 0 Å². The summed E-state index contributed by atoms with van der Waals surface area (Å²) in [7, 11) is 0. The van der Waals surface area contributed by atoms with Crippen LogP contribution in [0.3, 0.4) is 0 Å². The lowest BCUT2D eigenvalue weighted by atomic mass is 10.0. The molecule has 4 nitrogen and oxygen atoms in total. The lowest BCUT2D eigenvalue weighted by Crippen LogP contribution is -2.42. The fourth-order valence-electron chi connectivity index (χ4n) is 2.25. The van der Waals surface area contributed by atoms with Crippen LogP contribution in [0.2, 0.25) is 0 Å². The van der Waals surface area contributed by atoms with Crippen LogP contribution < -0.4 is 11.1 Å². The predicted molar refractivity (Wildman–Crippen MR) is 84.9 cm³/mol. The number of carbonyl (C=O) groups is 2. The average molecular weight is 295 g/mol. The van der Waals surface area contributed by atoms with Crippen molar-refractivity contribution in [2.45, 2.75) is 25.3 Å². The van der Waals surface area contributed by atoms with Gasteiger partial charge in [-0.3, -0.25) is 15.3 Å². The molecule has 0 aliphatic carbocycles. The van der Waals surface area contributed by atoms with Gasteiger partial charge in [-0.05, 0) is 24.0 Å². The van der Waals surface area contributed by atoms with Crippen molar-refractivity contribution in [1.29, 1.82) is 0 Å². The van der Waals surface area contributed by atoms with E-state index in [1.807, 2.05) is 60.7 Å². The van der Waals surface area contributed by atoms with Crippen LogP contribution in [0.1, 0.15) is 17.5 Å². The normalized spacial score (nSPS) is 11.6. The number of nitrogens with one attached hydrogen (secondary N) is 2. The van der Waals surface area contributed by atoms with Crippen molar-refractivity contribution in [2.75, 3.05) is 0 Å². The third-order valence-electron chi connectivity index (χ3n) is 3.42. The number of benzene rings is 2. The topological polar surface area (TPSA) is 70.0 Å². The van der Waals surface area contributed by atoms with Crippen LogP contribution >= 0.6 is 0 Å². The zero-order valence-corrected chi connectivity index (χ0v) is 12.3. The summed E-state index contributed by atoms with van der Waals surface area (Å²) in [6.45, 7) is 0. The highest BCUT2D eigenvalue weighted by atomic mass is 16.2. The second-order valence-corrected chi connectivity index (χ2v) is 5.17. The van der Waals surface area contributed by atoms with Gasteiger partial charge in [0.05, 0.1) is 6.42 Å². The standard InChI is InChI=1S/C18H19N2O2/c19-18(22)16(12-11-14-7-3-1-4-8-14)20-17(21)13-15-9-5-2-6-10-15/h1-10,16,19H,11-13H2,(H,20,21). The van der Waals surface area contributed by atoms with Gasteiger partial charge in [0.25, 0.3) is 5.91 Å². The predicted octanol–water partition coefficient (Wildman–Crippen LogP) is 2.16. The molecule has 2 amide bonds. The monoisotopic (exact) mass is 295 g/mol. The van der Waals surface area contributed by atoms with E-state index in [0.717, 1.165) is 11.1 Å². The Kier molecular flexibility index (Phi) is 5.72. The summed E-state index contributed by atoms with van der Waals surface area (Å²) in [6.07, 6.45) is 1.31. The molecule has 22 heavy (non-hydrogen) atoms. The minimum atomic E-state index is -0.753. The summed E-state index contributed by atoms with van der Waals surface area (Å²) in [5, 5.41) is 2.66. The SMILES string of the molecule is [NH]C(=O)C(CCc1ccccc1)NC(=O)Cc1ccccc1. The highest BCUT2D eigenvalue weighted by Crippen LogP contribution is 2.06. The van der Waals surface area contributed by atoms with Gasteiger partial charge in [-0.1, -0.05) is 60.7 Å². The summed E-state index contributed by atoms with van der Waals surface area (Å²) in [5.74, 6) is -0.984. The number of hydrogen-bond acceptors (Lipinski definition) is 2. The second-order valence-electron chi connectivity index (χ2n) is 5.17.